The summed E-state index contributed by atoms with van der Waals surface area (Å²) in [7, 11) is -6.22. The van der Waals surface area contributed by atoms with Gasteiger partial charge in [-0.25, -0.2) is 4.57 Å². The number of hydrogen-bond acceptors (Lipinski definition) is 7. The fourth-order valence-electron chi connectivity index (χ4n) is 0.762. The Balaban J connectivity index is 4.18. The first-order chi connectivity index (χ1) is 7.39. The second-order valence-electron chi connectivity index (χ2n) is 2.54. The Morgan fingerprint density at radius 3 is 1.94 bits per heavy atom. The highest BCUT2D eigenvalue weighted by Gasteiger charge is 2.26. The Morgan fingerprint density at radius 2 is 1.56 bits per heavy atom. The van der Waals surface area contributed by atoms with E-state index in [9.17, 15) is 13.0 Å². The molecule has 0 amide bonds. The zero-order valence-corrected chi connectivity index (χ0v) is 11.3. The molecule has 98 valence electrons. The van der Waals surface area contributed by atoms with Crippen LogP contribution in [0.2, 0.25) is 0 Å². The molecular formula is C7H17O7PS. The zero-order valence-electron chi connectivity index (χ0n) is 9.54. The van der Waals surface area contributed by atoms with E-state index in [1.165, 1.54) is 0 Å². The van der Waals surface area contributed by atoms with Gasteiger partial charge in [-0.2, -0.15) is 8.42 Å². The van der Waals surface area contributed by atoms with Gasteiger partial charge in [0.25, 0.3) is 10.1 Å². The van der Waals surface area contributed by atoms with Gasteiger partial charge in [-0.1, -0.05) is 0 Å². The summed E-state index contributed by atoms with van der Waals surface area (Å²) in [5.41, 5.74) is 0. The van der Waals surface area contributed by atoms with Gasteiger partial charge in [-0.3, -0.25) is 17.8 Å². The topological polar surface area (TPSA) is 88.1 Å². The summed E-state index contributed by atoms with van der Waals surface area (Å²) in [6, 6.07) is 0. The molecule has 0 spiro atoms. The highest BCUT2D eigenvalue weighted by molar-refractivity contribution is 7.86. The van der Waals surface area contributed by atoms with Crippen molar-refractivity contribution < 1.29 is 30.7 Å². The summed E-state index contributed by atoms with van der Waals surface area (Å²) in [4.78, 5) is 0. The van der Waals surface area contributed by atoms with Gasteiger partial charge in [-0.15, -0.1) is 0 Å². The molecule has 0 atom stereocenters. The minimum absolute atomic E-state index is 0.147. The summed E-state index contributed by atoms with van der Waals surface area (Å²) in [6.07, 6.45) is 0. The van der Waals surface area contributed by atoms with Crippen molar-refractivity contribution in [2.24, 2.45) is 0 Å². The van der Waals surface area contributed by atoms with E-state index in [2.05, 4.69) is 4.18 Å². The van der Waals surface area contributed by atoms with E-state index in [1.54, 1.807) is 13.8 Å². The van der Waals surface area contributed by atoms with E-state index in [0.29, 0.717) is 0 Å². The van der Waals surface area contributed by atoms with E-state index in [0.717, 1.165) is 7.11 Å². The van der Waals surface area contributed by atoms with Crippen LogP contribution in [0.5, 0.6) is 0 Å². The highest BCUT2D eigenvalue weighted by atomic mass is 32.2. The van der Waals surface area contributed by atoms with Crippen LogP contribution in [0.4, 0.5) is 0 Å². The van der Waals surface area contributed by atoms with E-state index in [1.807, 2.05) is 0 Å². The second kappa shape index (κ2) is 7.37. The lowest BCUT2D eigenvalue weighted by molar-refractivity contribution is 0.126. The van der Waals surface area contributed by atoms with Crippen molar-refractivity contribution in [1.29, 1.82) is 0 Å². The molecule has 0 radical (unpaired) electrons. The van der Waals surface area contributed by atoms with Crippen molar-refractivity contribution in [3.8, 4) is 0 Å². The predicted octanol–water partition coefficient (Wildman–Crippen LogP) is 1.16. The maximum Gasteiger partial charge on any atom is 0.474 e. The molecule has 0 rings (SSSR count). The molecule has 0 fully saturated rings. The third-order valence-corrected chi connectivity index (χ3v) is 4.23. The molecular weight excluding hydrogens is 259 g/mol. The van der Waals surface area contributed by atoms with Crippen molar-refractivity contribution in [2.75, 3.05) is 32.7 Å². The molecule has 0 aliphatic rings. The maximum atomic E-state index is 11.7. The smallest absolute Gasteiger partial charge is 0.287 e. The number of hydrogen-bond donors (Lipinski definition) is 0. The van der Waals surface area contributed by atoms with Crippen LogP contribution in [0.15, 0.2) is 0 Å². The average molecular weight is 276 g/mol. The summed E-state index contributed by atoms with van der Waals surface area (Å²) in [5, 5.41) is 0. The first-order valence-corrected chi connectivity index (χ1v) is 7.75. The Bertz CT molecular complexity index is 316. The summed E-state index contributed by atoms with van der Waals surface area (Å²) >= 11 is 0. The van der Waals surface area contributed by atoms with Gasteiger partial charge in [-0.05, 0) is 13.8 Å². The molecule has 0 aromatic rings. The maximum absolute atomic E-state index is 11.7. The van der Waals surface area contributed by atoms with Gasteiger partial charge in [0.05, 0.1) is 32.7 Å². The van der Waals surface area contributed by atoms with Crippen LogP contribution in [0.25, 0.3) is 0 Å². The molecule has 0 aliphatic carbocycles. The molecule has 16 heavy (non-hydrogen) atoms. The Hall–Kier alpha value is 0.0200. The van der Waals surface area contributed by atoms with E-state index < -0.39 is 23.7 Å². The standard InChI is InChI=1S/C7H17O7PS/c1-4-12-15(8,13-5-2)14-6-7-16(9,10)11-3/h4-7H2,1-3H3. The van der Waals surface area contributed by atoms with Crippen molar-refractivity contribution in [3.05, 3.63) is 0 Å². The first-order valence-electron chi connectivity index (χ1n) is 4.71. The van der Waals surface area contributed by atoms with E-state index in [4.69, 9.17) is 13.6 Å². The van der Waals surface area contributed by atoms with Gasteiger partial charge in [0.15, 0.2) is 0 Å². The lowest BCUT2D eigenvalue weighted by Gasteiger charge is -2.15. The average Bonchev–Trinajstić information content (AvgIpc) is 2.18. The molecule has 0 bridgehead atoms. The number of phosphoric acid groups is 1. The van der Waals surface area contributed by atoms with Crippen molar-refractivity contribution in [1.82, 2.24) is 0 Å². The van der Waals surface area contributed by atoms with Crippen LogP contribution in [0.1, 0.15) is 13.8 Å². The predicted molar refractivity (Wildman–Crippen MR) is 57.6 cm³/mol. The minimum atomic E-state index is -3.64. The zero-order chi connectivity index (χ0) is 12.7. The number of phosphoric ester groups is 1. The summed E-state index contributed by atoms with van der Waals surface area (Å²) < 4.78 is 52.1. The van der Waals surface area contributed by atoms with Gasteiger partial charge in [0.1, 0.15) is 0 Å². The lowest BCUT2D eigenvalue weighted by Crippen LogP contribution is -2.13. The second-order valence-corrected chi connectivity index (χ2v) is 6.07. The molecule has 0 aliphatic heterocycles. The van der Waals surface area contributed by atoms with Crippen molar-refractivity contribution >= 4 is 17.9 Å². The van der Waals surface area contributed by atoms with Crippen LogP contribution in [0, 0.1) is 0 Å². The van der Waals surface area contributed by atoms with Crippen LogP contribution in [0.3, 0.4) is 0 Å². The van der Waals surface area contributed by atoms with Crippen LogP contribution in [-0.2, 0) is 32.4 Å². The molecule has 0 unspecified atom stereocenters. The Labute approximate surface area is 95.8 Å². The van der Waals surface area contributed by atoms with Crippen molar-refractivity contribution in [3.63, 3.8) is 0 Å². The van der Waals surface area contributed by atoms with Crippen LogP contribution >= 0.6 is 7.82 Å². The van der Waals surface area contributed by atoms with E-state index >= 15 is 0 Å². The molecule has 0 aromatic heterocycles. The molecule has 0 N–H and O–H groups in total. The fraction of sp³-hybridized carbons (Fsp3) is 1.00. The Morgan fingerprint density at radius 1 is 1.06 bits per heavy atom. The molecule has 0 saturated carbocycles. The highest BCUT2D eigenvalue weighted by Crippen LogP contribution is 2.48. The largest absolute Gasteiger partial charge is 0.474 e. The fourth-order valence-corrected chi connectivity index (χ4v) is 2.51. The molecule has 9 heteroatoms. The first kappa shape index (κ1) is 16.0. The SMILES string of the molecule is CCOP(=O)(OCC)OCCS(=O)(=O)OC. The summed E-state index contributed by atoms with van der Waals surface area (Å²) in [6.45, 7) is 3.23. The third kappa shape index (κ3) is 6.57. The van der Waals surface area contributed by atoms with Crippen LogP contribution < -0.4 is 0 Å². The third-order valence-electron chi connectivity index (χ3n) is 1.41. The molecule has 0 saturated heterocycles. The quantitative estimate of drug-likeness (QED) is 0.461. The van der Waals surface area contributed by atoms with Crippen molar-refractivity contribution in [2.45, 2.75) is 13.8 Å². The number of rotatable bonds is 9. The van der Waals surface area contributed by atoms with Gasteiger partial charge < -0.3 is 0 Å². The molecule has 7 nitrogen and oxygen atoms in total. The van der Waals surface area contributed by atoms with Gasteiger partial charge >= 0.3 is 7.82 Å². The van der Waals surface area contributed by atoms with Crippen LogP contribution in [-0.4, -0.2) is 41.1 Å². The molecule has 0 aromatic carbocycles. The van der Waals surface area contributed by atoms with E-state index in [-0.39, 0.29) is 19.8 Å². The monoisotopic (exact) mass is 276 g/mol. The Kier molecular flexibility index (Phi) is 7.38. The minimum Gasteiger partial charge on any atom is -0.287 e. The normalized spacial score (nSPS) is 12.9. The lowest BCUT2D eigenvalue weighted by atomic mass is 10.9. The van der Waals surface area contributed by atoms with Gasteiger partial charge in [0, 0.05) is 0 Å². The van der Waals surface area contributed by atoms with Gasteiger partial charge in [0.2, 0.25) is 0 Å². The molecule has 0 heterocycles. The summed E-state index contributed by atoms with van der Waals surface area (Å²) in [5.74, 6) is -0.409.